The fraction of sp³-hybridized carbons (Fsp3) is 0.310. The van der Waals surface area contributed by atoms with Crippen LogP contribution in [0.25, 0.3) is 0 Å². The lowest BCUT2D eigenvalue weighted by molar-refractivity contribution is 0.0499. The van der Waals surface area contributed by atoms with E-state index in [4.69, 9.17) is 9.47 Å². The summed E-state index contributed by atoms with van der Waals surface area (Å²) in [6, 6.07) is 28.4. The Morgan fingerprint density at radius 2 is 1.34 bits per heavy atom. The molecule has 1 amide bonds. The average molecular weight is 492 g/mol. The van der Waals surface area contributed by atoms with Crippen LogP contribution in [0, 0.1) is 0 Å². The lowest BCUT2D eigenvalue weighted by Crippen LogP contribution is -2.33. The molecule has 3 rings (SSSR count). The number of unbranched alkanes of at least 4 members (excludes halogenated alkanes) is 2. The van der Waals surface area contributed by atoms with Gasteiger partial charge in [-0.05, 0) is 69.9 Å². The third kappa shape index (κ3) is 8.52. The van der Waals surface area contributed by atoms with Crippen LogP contribution in [0.2, 0.25) is 0 Å². The van der Waals surface area contributed by atoms with Gasteiger partial charge in [-0.15, -0.1) is 0 Å². The molecular weight excluding hydrogens is 457 g/mol. The molecule has 0 saturated carbocycles. The van der Waals surface area contributed by atoms with E-state index in [1.165, 1.54) is 10.6 Å². The Labute approximate surface area is 209 Å². The quantitative estimate of drug-likeness (QED) is 0.238. The van der Waals surface area contributed by atoms with Gasteiger partial charge in [0, 0.05) is 6.54 Å². The first-order valence-corrected chi connectivity index (χ1v) is 13.3. The fourth-order valence-electron chi connectivity index (χ4n) is 3.57. The van der Waals surface area contributed by atoms with E-state index in [1.54, 1.807) is 0 Å². The summed E-state index contributed by atoms with van der Waals surface area (Å²) in [4.78, 5) is 24.7. The predicted molar refractivity (Wildman–Crippen MR) is 144 cm³/mol. The van der Waals surface area contributed by atoms with Gasteiger partial charge in [-0.2, -0.15) is 0 Å². The van der Waals surface area contributed by atoms with Crippen molar-refractivity contribution in [3.8, 4) is 0 Å². The molecule has 0 atom stereocenters. The van der Waals surface area contributed by atoms with Gasteiger partial charge in [0.2, 0.25) is 0 Å². The van der Waals surface area contributed by atoms with Gasteiger partial charge in [-0.3, -0.25) is 0 Å². The molecule has 0 aliphatic rings. The van der Waals surface area contributed by atoms with E-state index < -0.39 is 19.6 Å². The second-order valence-electron chi connectivity index (χ2n) is 9.15. The molecule has 6 heteroatoms. The number of carbonyl (C=O) groups is 2. The largest absolute Gasteiger partial charge is 0.462 e. The van der Waals surface area contributed by atoms with Crippen molar-refractivity contribution in [2.45, 2.75) is 45.6 Å². The number of benzene rings is 3. The second-order valence-corrected chi connectivity index (χ2v) is 11.3. The van der Waals surface area contributed by atoms with E-state index in [0.717, 1.165) is 24.6 Å². The van der Waals surface area contributed by atoms with Crippen LogP contribution in [0.4, 0.5) is 4.79 Å². The molecule has 0 aliphatic carbocycles. The van der Waals surface area contributed by atoms with Gasteiger partial charge in [-0.25, -0.2) is 9.59 Å². The number of hydrogen-bond acceptors (Lipinski definition) is 4. The van der Waals surface area contributed by atoms with Crippen LogP contribution in [0.3, 0.4) is 0 Å². The smallest absolute Gasteiger partial charge is 0.407 e. The van der Waals surface area contributed by atoms with Crippen LogP contribution in [-0.2, 0) is 9.47 Å². The minimum Gasteiger partial charge on any atom is -0.462 e. The minimum absolute atomic E-state index is 0.299. The number of amides is 1. The van der Waals surface area contributed by atoms with Crippen LogP contribution in [0.5, 0.6) is 0 Å². The maximum absolute atomic E-state index is 13.1. The van der Waals surface area contributed by atoms with Crippen molar-refractivity contribution in [3.05, 3.63) is 90.5 Å². The average Bonchev–Trinajstić information content (AvgIpc) is 2.84. The maximum Gasteiger partial charge on any atom is 0.407 e. The third-order valence-corrected chi connectivity index (χ3v) is 7.62. The van der Waals surface area contributed by atoms with Gasteiger partial charge in [0.25, 0.3) is 0 Å². The SMILES string of the molecule is CC(C)(C)OC(=O)NCCCCCOC(=O)c1ccccc1P(c1ccccc1)c1ccccc1. The van der Waals surface area contributed by atoms with Crippen LogP contribution >= 0.6 is 7.92 Å². The number of nitrogens with one attached hydrogen (secondary N) is 1. The van der Waals surface area contributed by atoms with Crippen molar-refractivity contribution >= 4 is 35.9 Å². The summed E-state index contributed by atoms with van der Waals surface area (Å²) in [6.07, 6.45) is 1.95. The predicted octanol–water partition coefficient (Wildman–Crippen LogP) is 5.30. The molecule has 184 valence electrons. The summed E-state index contributed by atoms with van der Waals surface area (Å²) in [6.45, 7) is 6.38. The zero-order valence-corrected chi connectivity index (χ0v) is 21.6. The fourth-order valence-corrected chi connectivity index (χ4v) is 6.01. The normalized spacial score (nSPS) is 11.2. The Morgan fingerprint density at radius 1 is 0.771 bits per heavy atom. The molecule has 5 nitrogen and oxygen atoms in total. The highest BCUT2D eigenvalue weighted by Crippen LogP contribution is 2.34. The number of carbonyl (C=O) groups excluding carboxylic acids is 2. The molecule has 0 spiro atoms. The van der Waals surface area contributed by atoms with Crippen molar-refractivity contribution in [3.63, 3.8) is 0 Å². The van der Waals surface area contributed by atoms with E-state index in [9.17, 15) is 9.59 Å². The summed E-state index contributed by atoms with van der Waals surface area (Å²) < 4.78 is 10.9. The summed E-state index contributed by atoms with van der Waals surface area (Å²) in [5, 5.41) is 6.11. The molecule has 3 aromatic rings. The molecule has 0 saturated heterocycles. The van der Waals surface area contributed by atoms with Crippen LogP contribution < -0.4 is 21.2 Å². The zero-order valence-electron chi connectivity index (χ0n) is 20.7. The van der Waals surface area contributed by atoms with Gasteiger partial charge < -0.3 is 14.8 Å². The van der Waals surface area contributed by atoms with Gasteiger partial charge in [-0.1, -0.05) is 78.9 Å². The molecule has 3 aromatic carbocycles. The second kappa shape index (κ2) is 13.1. The molecule has 0 radical (unpaired) electrons. The van der Waals surface area contributed by atoms with Gasteiger partial charge in [0.05, 0.1) is 12.2 Å². The molecule has 0 heterocycles. The van der Waals surface area contributed by atoms with Crippen molar-refractivity contribution in [1.29, 1.82) is 0 Å². The molecule has 35 heavy (non-hydrogen) atoms. The lowest BCUT2D eigenvalue weighted by Gasteiger charge is -2.21. The highest BCUT2D eigenvalue weighted by Gasteiger charge is 2.23. The van der Waals surface area contributed by atoms with Crippen molar-refractivity contribution in [1.82, 2.24) is 5.32 Å². The molecule has 0 bridgehead atoms. The maximum atomic E-state index is 13.1. The van der Waals surface area contributed by atoms with Gasteiger partial charge >= 0.3 is 12.1 Å². The van der Waals surface area contributed by atoms with Crippen molar-refractivity contribution in [2.24, 2.45) is 0 Å². The van der Waals surface area contributed by atoms with E-state index in [2.05, 4.69) is 29.6 Å². The van der Waals surface area contributed by atoms with E-state index in [1.807, 2.05) is 81.4 Å². The van der Waals surface area contributed by atoms with Gasteiger partial charge in [0.1, 0.15) is 5.60 Å². The summed E-state index contributed by atoms with van der Waals surface area (Å²) in [5.74, 6) is -0.299. The Hall–Kier alpha value is -3.17. The monoisotopic (exact) mass is 491 g/mol. The Balaban J connectivity index is 1.58. The highest BCUT2D eigenvalue weighted by atomic mass is 31.1. The summed E-state index contributed by atoms with van der Waals surface area (Å²) >= 11 is 0. The summed E-state index contributed by atoms with van der Waals surface area (Å²) in [7, 11) is -0.895. The van der Waals surface area contributed by atoms with Crippen molar-refractivity contribution in [2.75, 3.05) is 13.2 Å². The number of ether oxygens (including phenoxy) is 2. The third-order valence-electron chi connectivity index (χ3n) is 5.12. The van der Waals surface area contributed by atoms with Crippen molar-refractivity contribution < 1.29 is 19.1 Å². The van der Waals surface area contributed by atoms with E-state index >= 15 is 0 Å². The Kier molecular flexibility index (Phi) is 9.86. The first-order chi connectivity index (χ1) is 16.8. The number of rotatable bonds is 10. The number of hydrogen-bond donors (Lipinski definition) is 1. The van der Waals surface area contributed by atoms with Crippen LogP contribution in [0.1, 0.15) is 50.4 Å². The molecule has 0 aromatic heterocycles. The Morgan fingerprint density at radius 3 is 1.94 bits per heavy atom. The molecule has 0 unspecified atom stereocenters. The molecule has 0 aliphatic heterocycles. The standard InChI is InChI=1S/C29H34NO4P/c1-29(2,3)34-28(32)30-21-13-6-14-22-33-27(31)25-19-11-12-20-26(25)35(23-15-7-4-8-16-23)24-17-9-5-10-18-24/h4-5,7-12,15-20H,6,13-14,21-22H2,1-3H3,(H,30,32). The highest BCUT2D eigenvalue weighted by molar-refractivity contribution is 7.80. The summed E-state index contributed by atoms with van der Waals surface area (Å²) in [5.41, 5.74) is 0.105. The molecular formula is C29H34NO4P. The number of esters is 1. The van der Waals surface area contributed by atoms with E-state index in [0.29, 0.717) is 18.7 Å². The molecule has 0 fully saturated rings. The first kappa shape index (κ1) is 26.4. The van der Waals surface area contributed by atoms with E-state index in [-0.39, 0.29) is 5.97 Å². The Bertz CT molecular complexity index is 1040. The zero-order chi connectivity index (χ0) is 25.1. The lowest BCUT2D eigenvalue weighted by atomic mass is 10.2. The van der Waals surface area contributed by atoms with Gasteiger partial charge in [0.15, 0.2) is 0 Å². The topological polar surface area (TPSA) is 64.6 Å². The first-order valence-electron chi connectivity index (χ1n) is 12.0. The molecule has 1 N–H and O–H groups in total. The minimum atomic E-state index is -0.895. The van der Waals surface area contributed by atoms with Crippen LogP contribution in [0.15, 0.2) is 84.9 Å². The van der Waals surface area contributed by atoms with Crippen LogP contribution in [-0.4, -0.2) is 30.8 Å². The number of alkyl carbamates (subject to hydrolysis) is 1.